The molecule has 0 unspecified atom stereocenters. The first-order chi connectivity index (χ1) is 8.40. The minimum atomic E-state index is -3.64. The second-order valence-corrected chi connectivity index (χ2v) is 6.82. The Morgan fingerprint density at radius 1 is 1.44 bits per heavy atom. The van der Waals surface area contributed by atoms with E-state index in [0.717, 1.165) is 6.42 Å². The Bertz CT molecular complexity index is 547. The molecule has 0 bridgehead atoms. The van der Waals surface area contributed by atoms with Gasteiger partial charge >= 0.3 is 0 Å². The van der Waals surface area contributed by atoms with E-state index in [1.807, 2.05) is 0 Å². The van der Waals surface area contributed by atoms with Gasteiger partial charge < -0.3 is 5.11 Å². The van der Waals surface area contributed by atoms with E-state index in [9.17, 15) is 13.5 Å². The summed E-state index contributed by atoms with van der Waals surface area (Å²) in [6.07, 6.45) is 2.27. The third-order valence-electron chi connectivity index (χ3n) is 3.47. The summed E-state index contributed by atoms with van der Waals surface area (Å²) < 4.78 is 27.2. The second kappa shape index (κ2) is 4.81. The summed E-state index contributed by atoms with van der Waals surface area (Å²) in [5.74, 6) is 0. The molecule has 18 heavy (non-hydrogen) atoms. The molecule has 2 N–H and O–H groups in total. The highest BCUT2D eigenvalue weighted by Gasteiger charge is 2.40. The zero-order valence-corrected chi connectivity index (χ0v) is 11.7. The maximum atomic E-state index is 12.3. The molecule has 1 aliphatic carbocycles. The highest BCUT2D eigenvalue weighted by Crippen LogP contribution is 2.33. The van der Waals surface area contributed by atoms with Crippen LogP contribution in [0.2, 0.25) is 5.02 Å². The molecule has 2 rings (SSSR count). The van der Waals surface area contributed by atoms with Crippen molar-refractivity contribution in [3.8, 4) is 0 Å². The summed E-state index contributed by atoms with van der Waals surface area (Å²) in [4.78, 5) is 0.176. The maximum absolute atomic E-state index is 12.3. The van der Waals surface area contributed by atoms with Crippen molar-refractivity contribution in [1.82, 2.24) is 4.72 Å². The molecule has 100 valence electrons. The van der Waals surface area contributed by atoms with Crippen LogP contribution in [0.5, 0.6) is 0 Å². The number of aliphatic hydroxyl groups is 1. The topological polar surface area (TPSA) is 66.4 Å². The van der Waals surface area contributed by atoms with Gasteiger partial charge in [0.1, 0.15) is 0 Å². The molecular formula is C12H16ClNO3S. The van der Waals surface area contributed by atoms with E-state index >= 15 is 0 Å². The van der Waals surface area contributed by atoms with Crippen LogP contribution < -0.4 is 4.72 Å². The Kier molecular flexibility index (Phi) is 3.69. The molecule has 1 aromatic rings. The molecule has 4 nitrogen and oxygen atoms in total. The van der Waals surface area contributed by atoms with E-state index in [4.69, 9.17) is 11.6 Å². The van der Waals surface area contributed by atoms with Crippen molar-refractivity contribution in [3.05, 3.63) is 28.8 Å². The zero-order valence-electron chi connectivity index (χ0n) is 10.1. The molecule has 0 heterocycles. The SMILES string of the molecule is Cc1c(Cl)cccc1S(=O)(=O)NC1(CO)CCC1. The van der Waals surface area contributed by atoms with E-state index in [1.54, 1.807) is 19.1 Å². The van der Waals surface area contributed by atoms with Crippen LogP contribution in [0.1, 0.15) is 24.8 Å². The average molecular weight is 290 g/mol. The minimum absolute atomic E-state index is 0.175. The van der Waals surface area contributed by atoms with Crippen molar-refractivity contribution in [3.63, 3.8) is 0 Å². The molecule has 1 aliphatic rings. The van der Waals surface area contributed by atoms with Gasteiger partial charge in [-0.05, 0) is 43.9 Å². The van der Waals surface area contributed by atoms with Crippen LogP contribution in [-0.2, 0) is 10.0 Å². The lowest BCUT2D eigenvalue weighted by molar-refractivity contribution is 0.110. The normalized spacial score (nSPS) is 18.4. The first kappa shape index (κ1) is 13.8. The molecule has 0 saturated heterocycles. The van der Waals surface area contributed by atoms with Crippen LogP contribution in [0.4, 0.5) is 0 Å². The van der Waals surface area contributed by atoms with Gasteiger partial charge in [0.25, 0.3) is 0 Å². The Morgan fingerprint density at radius 2 is 2.11 bits per heavy atom. The van der Waals surface area contributed by atoms with Gasteiger partial charge in [-0.1, -0.05) is 17.7 Å². The fraction of sp³-hybridized carbons (Fsp3) is 0.500. The first-order valence-corrected chi connectivity index (χ1v) is 7.66. The Morgan fingerprint density at radius 3 is 2.61 bits per heavy atom. The monoisotopic (exact) mass is 289 g/mol. The van der Waals surface area contributed by atoms with Gasteiger partial charge in [0.15, 0.2) is 0 Å². The van der Waals surface area contributed by atoms with E-state index in [0.29, 0.717) is 23.4 Å². The van der Waals surface area contributed by atoms with Crippen LogP contribution in [-0.4, -0.2) is 25.7 Å². The van der Waals surface area contributed by atoms with Gasteiger partial charge in [-0.25, -0.2) is 13.1 Å². The fourth-order valence-electron chi connectivity index (χ4n) is 2.11. The summed E-state index contributed by atoms with van der Waals surface area (Å²) in [6, 6.07) is 4.78. The Balaban J connectivity index is 2.34. The highest BCUT2D eigenvalue weighted by atomic mass is 35.5. The lowest BCUT2D eigenvalue weighted by atomic mass is 9.78. The molecule has 1 aromatic carbocycles. The van der Waals surface area contributed by atoms with E-state index in [2.05, 4.69) is 4.72 Å². The fourth-order valence-corrected chi connectivity index (χ4v) is 4.06. The number of hydrogen-bond acceptors (Lipinski definition) is 3. The van der Waals surface area contributed by atoms with Crippen molar-refractivity contribution in [2.24, 2.45) is 0 Å². The van der Waals surface area contributed by atoms with Crippen molar-refractivity contribution in [2.75, 3.05) is 6.61 Å². The molecule has 0 radical (unpaired) electrons. The van der Waals surface area contributed by atoms with Gasteiger partial charge in [0, 0.05) is 5.02 Å². The van der Waals surface area contributed by atoms with E-state index in [-0.39, 0.29) is 11.5 Å². The van der Waals surface area contributed by atoms with Gasteiger partial charge in [-0.2, -0.15) is 0 Å². The van der Waals surface area contributed by atoms with Crippen LogP contribution in [0, 0.1) is 6.92 Å². The summed E-state index contributed by atoms with van der Waals surface area (Å²) in [6.45, 7) is 1.50. The van der Waals surface area contributed by atoms with Gasteiger partial charge in [0.05, 0.1) is 17.0 Å². The van der Waals surface area contributed by atoms with Crippen molar-refractivity contribution < 1.29 is 13.5 Å². The standard InChI is InChI=1S/C12H16ClNO3S/c1-9-10(13)4-2-5-11(9)18(16,17)14-12(8-15)6-3-7-12/h2,4-5,14-15H,3,6-8H2,1H3. The first-order valence-electron chi connectivity index (χ1n) is 5.80. The molecule has 1 fully saturated rings. The Labute approximate surface area is 112 Å². The average Bonchev–Trinajstić information content (AvgIpc) is 2.27. The second-order valence-electron chi connectivity index (χ2n) is 4.76. The van der Waals surface area contributed by atoms with Crippen LogP contribution in [0.25, 0.3) is 0 Å². The lowest BCUT2D eigenvalue weighted by Gasteiger charge is -2.40. The predicted octanol–water partition coefficient (Wildman–Crippen LogP) is 1.84. The highest BCUT2D eigenvalue weighted by molar-refractivity contribution is 7.89. The van der Waals surface area contributed by atoms with Gasteiger partial charge in [-0.15, -0.1) is 0 Å². The van der Waals surface area contributed by atoms with E-state index < -0.39 is 15.6 Å². The number of nitrogens with one attached hydrogen (secondary N) is 1. The van der Waals surface area contributed by atoms with Crippen molar-refractivity contribution in [2.45, 2.75) is 36.6 Å². The third kappa shape index (κ3) is 2.40. The number of rotatable bonds is 4. The number of hydrogen-bond donors (Lipinski definition) is 2. The van der Waals surface area contributed by atoms with Gasteiger partial charge in [-0.3, -0.25) is 0 Å². The van der Waals surface area contributed by atoms with Crippen molar-refractivity contribution >= 4 is 21.6 Å². The van der Waals surface area contributed by atoms with Crippen molar-refractivity contribution in [1.29, 1.82) is 0 Å². The van der Waals surface area contributed by atoms with Crippen LogP contribution in [0.3, 0.4) is 0 Å². The zero-order chi connectivity index (χ0) is 13.4. The number of aliphatic hydroxyl groups excluding tert-OH is 1. The molecule has 6 heteroatoms. The molecule has 0 aromatic heterocycles. The summed E-state index contributed by atoms with van der Waals surface area (Å²) in [5.41, 5.74) is -0.160. The summed E-state index contributed by atoms with van der Waals surface area (Å²) in [7, 11) is -3.64. The quantitative estimate of drug-likeness (QED) is 0.889. The third-order valence-corrected chi connectivity index (χ3v) is 5.60. The number of benzene rings is 1. The summed E-state index contributed by atoms with van der Waals surface area (Å²) in [5, 5.41) is 9.74. The largest absolute Gasteiger partial charge is 0.394 e. The van der Waals surface area contributed by atoms with Gasteiger partial charge in [0.2, 0.25) is 10.0 Å². The molecular weight excluding hydrogens is 274 g/mol. The molecule has 0 aliphatic heterocycles. The van der Waals surface area contributed by atoms with Crippen LogP contribution >= 0.6 is 11.6 Å². The minimum Gasteiger partial charge on any atom is -0.394 e. The Hall–Kier alpha value is -0.620. The number of halogens is 1. The maximum Gasteiger partial charge on any atom is 0.241 e. The molecule has 0 spiro atoms. The summed E-state index contributed by atoms with van der Waals surface area (Å²) >= 11 is 5.93. The molecule has 0 amide bonds. The smallest absolute Gasteiger partial charge is 0.241 e. The van der Waals surface area contributed by atoms with Crippen LogP contribution in [0.15, 0.2) is 23.1 Å². The number of sulfonamides is 1. The molecule has 1 saturated carbocycles. The predicted molar refractivity (Wildman–Crippen MR) is 70.2 cm³/mol. The molecule has 0 atom stereocenters. The lowest BCUT2D eigenvalue weighted by Crippen LogP contribution is -2.56. The van der Waals surface area contributed by atoms with E-state index in [1.165, 1.54) is 6.07 Å².